The SMILES string of the molecule is [2H]C([2H])(Oc1nc(-c2cc(C)c3c(c2)CCN(C)C3)cnc1N)c1ccnc(N)c1. The van der Waals surface area contributed by atoms with Crippen LogP contribution in [0, 0.1) is 6.92 Å². The molecular weight excluding hydrogens is 352 g/mol. The second-order valence-electron chi connectivity index (χ2n) is 7.04. The molecule has 28 heavy (non-hydrogen) atoms. The Morgan fingerprint density at radius 3 is 2.93 bits per heavy atom. The molecule has 0 radical (unpaired) electrons. The third-order valence-corrected chi connectivity index (χ3v) is 4.87. The number of likely N-dealkylation sites (N-methyl/N-ethyl adjacent to an activating group) is 1. The van der Waals surface area contributed by atoms with E-state index >= 15 is 0 Å². The third-order valence-electron chi connectivity index (χ3n) is 4.87. The number of aromatic nitrogens is 3. The highest BCUT2D eigenvalue weighted by Gasteiger charge is 2.17. The quantitative estimate of drug-likeness (QED) is 0.719. The zero-order valence-corrected chi connectivity index (χ0v) is 15.9. The minimum atomic E-state index is -2.20. The number of nitrogen functional groups attached to an aromatic ring is 2. The van der Waals surface area contributed by atoms with Gasteiger partial charge in [0.2, 0.25) is 0 Å². The van der Waals surface area contributed by atoms with Crippen molar-refractivity contribution in [3.05, 3.63) is 58.9 Å². The van der Waals surface area contributed by atoms with Crippen molar-refractivity contribution in [2.75, 3.05) is 25.1 Å². The molecule has 1 aromatic carbocycles. The number of pyridine rings is 1. The number of rotatable bonds is 4. The van der Waals surface area contributed by atoms with Gasteiger partial charge in [-0.1, -0.05) is 0 Å². The lowest BCUT2D eigenvalue weighted by atomic mass is 9.92. The van der Waals surface area contributed by atoms with E-state index in [1.807, 2.05) is 0 Å². The van der Waals surface area contributed by atoms with Crippen molar-refractivity contribution in [1.29, 1.82) is 0 Å². The number of fused-ring (bicyclic) bond motifs is 1. The Bertz CT molecular complexity index is 1100. The summed E-state index contributed by atoms with van der Waals surface area (Å²) in [4.78, 5) is 14.8. The van der Waals surface area contributed by atoms with Gasteiger partial charge in [-0.2, -0.15) is 0 Å². The second-order valence-corrected chi connectivity index (χ2v) is 7.04. The zero-order chi connectivity index (χ0) is 21.5. The highest BCUT2D eigenvalue weighted by molar-refractivity contribution is 5.64. The van der Waals surface area contributed by atoms with Gasteiger partial charge in [0.05, 0.1) is 14.6 Å². The van der Waals surface area contributed by atoms with E-state index in [0.717, 1.165) is 25.1 Å². The summed E-state index contributed by atoms with van der Waals surface area (Å²) < 4.78 is 22.1. The maximum Gasteiger partial charge on any atom is 0.258 e. The number of benzene rings is 1. The van der Waals surface area contributed by atoms with Gasteiger partial charge in [-0.3, -0.25) is 0 Å². The number of ether oxygens (including phenoxy) is 1. The summed E-state index contributed by atoms with van der Waals surface area (Å²) in [5.74, 6) is 0.145. The van der Waals surface area contributed by atoms with E-state index in [-0.39, 0.29) is 23.1 Å². The van der Waals surface area contributed by atoms with Crippen LogP contribution in [-0.4, -0.2) is 33.4 Å². The van der Waals surface area contributed by atoms with E-state index in [9.17, 15) is 0 Å². The fraction of sp³-hybridized carbons (Fsp3) is 0.286. The van der Waals surface area contributed by atoms with Gasteiger partial charge in [0.1, 0.15) is 12.4 Å². The average molecular weight is 378 g/mol. The van der Waals surface area contributed by atoms with Crippen LogP contribution in [0.2, 0.25) is 0 Å². The first-order valence-electron chi connectivity index (χ1n) is 10.1. The molecule has 4 N–H and O–H groups in total. The summed E-state index contributed by atoms with van der Waals surface area (Å²) >= 11 is 0. The van der Waals surface area contributed by atoms with E-state index in [0.29, 0.717) is 5.69 Å². The minimum absolute atomic E-state index is 0.0148. The fourth-order valence-corrected chi connectivity index (χ4v) is 3.36. The second kappa shape index (κ2) is 7.44. The van der Waals surface area contributed by atoms with Gasteiger partial charge in [-0.05, 0) is 66.9 Å². The van der Waals surface area contributed by atoms with Crippen LogP contribution in [0.25, 0.3) is 11.3 Å². The smallest absolute Gasteiger partial charge is 0.258 e. The predicted molar refractivity (Wildman–Crippen MR) is 110 cm³/mol. The van der Waals surface area contributed by atoms with Gasteiger partial charge < -0.3 is 21.1 Å². The summed E-state index contributed by atoms with van der Waals surface area (Å²) in [6, 6.07) is 7.10. The highest BCUT2D eigenvalue weighted by Crippen LogP contribution is 2.29. The lowest BCUT2D eigenvalue weighted by molar-refractivity contribution is 0.295. The molecule has 7 heteroatoms. The topological polar surface area (TPSA) is 103 Å². The molecule has 0 aliphatic carbocycles. The number of anilines is 2. The first kappa shape index (κ1) is 15.8. The number of nitrogens with two attached hydrogens (primary N) is 2. The largest absolute Gasteiger partial charge is 0.470 e. The number of hydrogen-bond donors (Lipinski definition) is 2. The van der Waals surface area contributed by atoms with Gasteiger partial charge in [-0.25, -0.2) is 15.0 Å². The molecule has 3 aromatic rings. The Morgan fingerprint density at radius 1 is 1.25 bits per heavy atom. The van der Waals surface area contributed by atoms with Crippen molar-refractivity contribution in [2.45, 2.75) is 26.4 Å². The third kappa shape index (κ3) is 3.75. The van der Waals surface area contributed by atoms with Gasteiger partial charge in [-0.15, -0.1) is 0 Å². The Morgan fingerprint density at radius 2 is 2.11 bits per heavy atom. The monoisotopic (exact) mass is 378 g/mol. The predicted octanol–water partition coefficient (Wildman–Crippen LogP) is 2.58. The summed E-state index contributed by atoms with van der Waals surface area (Å²) in [5.41, 5.74) is 17.1. The number of hydrogen-bond acceptors (Lipinski definition) is 7. The lowest BCUT2D eigenvalue weighted by Crippen LogP contribution is -2.27. The fourth-order valence-electron chi connectivity index (χ4n) is 3.36. The van der Waals surface area contributed by atoms with Crippen molar-refractivity contribution in [2.24, 2.45) is 0 Å². The Hall–Kier alpha value is -3.19. The number of aryl methyl sites for hydroxylation is 1. The van der Waals surface area contributed by atoms with Crippen LogP contribution in [0.5, 0.6) is 5.88 Å². The average Bonchev–Trinajstić information content (AvgIpc) is 2.70. The molecule has 0 fully saturated rings. The Kier molecular flexibility index (Phi) is 4.20. The normalized spacial score (nSPS) is 15.5. The molecular formula is C21H24N6O. The van der Waals surface area contributed by atoms with Crippen LogP contribution in [0.1, 0.15) is 25.0 Å². The lowest BCUT2D eigenvalue weighted by Gasteiger charge is -2.27. The van der Waals surface area contributed by atoms with Gasteiger partial charge in [0.15, 0.2) is 5.82 Å². The molecule has 0 spiro atoms. The van der Waals surface area contributed by atoms with Crippen LogP contribution in [0.3, 0.4) is 0 Å². The van der Waals surface area contributed by atoms with Crippen LogP contribution in [-0.2, 0) is 19.5 Å². The number of nitrogens with zero attached hydrogens (tertiary/aromatic N) is 4. The molecule has 3 heterocycles. The molecule has 2 aromatic heterocycles. The summed E-state index contributed by atoms with van der Waals surface area (Å²) in [7, 11) is 2.12. The first-order valence-corrected chi connectivity index (χ1v) is 9.08. The Balaban J connectivity index is 1.68. The van der Waals surface area contributed by atoms with E-state index in [2.05, 4.69) is 46.0 Å². The summed E-state index contributed by atoms with van der Waals surface area (Å²) in [6.07, 6.45) is 3.97. The minimum Gasteiger partial charge on any atom is -0.470 e. The molecule has 0 saturated carbocycles. The van der Waals surface area contributed by atoms with E-state index in [1.54, 1.807) is 6.20 Å². The highest BCUT2D eigenvalue weighted by atomic mass is 16.5. The van der Waals surface area contributed by atoms with E-state index in [4.69, 9.17) is 18.9 Å². The molecule has 0 amide bonds. The van der Waals surface area contributed by atoms with Crippen molar-refractivity contribution in [1.82, 2.24) is 19.9 Å². The molecule has 0 unspecified atom stereocenters. The van der Waals surface area contributed by atoms with Gasteiger partial charge >= 0.3 is 0 Å². The van der Waals surface area contributed by atoms with Crippen molar-refractivity contribution in [3.8, 4) is 17.1 Å². The van der Waals surface area contributed by atoms with E-state index < -0.39 is 6.56 Å². The molecule has 0 atom stereocenters. The van der Waals surface area contributed by atoms with Crippen LogP contribution in [0.4, 0.5) is 11.6 Å². The summed E-state index contributed by atoms with van der Waals surface area (Å²) in [5, 5.41) is 0. The standard InChI is InChI=1S/C21H24N6O/c1-13-7-16(9-15-4-6-27(2)11-17(13)15)18-10-25-20(23)21(26-18)28-12-14-3-5-24-19(22)8-14/h3,5,7-10H,4,6,11-12H2,1-2H3,(H2,22,24)(H2,23,25)/i12D2. The molecule has 4 rings (SSSR count). The zero-order valence-electron chi connectivity index (χ0n) is 17.9. The van der Waals surface area contributed by atoms with Crippen LogP contribution < -0.4 is 16.2 Å². The molecule has 144 valence electrons. The molecule has 0 saturated heterocycles. The van der Waals surface area contributed by atoms with Crippen molar-refractivity contribution < 1.29 is 7.48 Å². The van der Waals surface area contributed by atoms with Gasteiger partial charge in [0, 0.05) is 24.8 Å². The Labute approximate surface area is 167 Å². The molecule has 7 nitrogen and oxygen atoms in total. The van der Waals surface area contributed by atoms with Crippen LogP contribution >= 0.6 is 0 Å². The van der Waals surface area contributed by atoms with Gasteiger partial charge in [0.25, 0.3) is 5.88 Å². The van der Waals surface area contributed by atoms with Crippen molar-refractivity contribution in [3.63, 3.8) is 0 Å². The molecule has 1 aliphatic heterocycles. The van der Waals surface area contributed by atoms with E-state index in [1.165, 1.54) is 35.0 Å². The molecule has 1 aliphatic rings. The summed E-state index contributed by atoms with van der Waals surface area (Å²) in [6.45, 7) is 1.83. The maximum absolute atomic E-state index is 8.28. The first-order chi connectivity index (χ1) is 14.2. The molecule has 0 bridgehead atoms. The maximum atomic E-state index is 8.28. The van der Waals surface area contributed by atoms with Crippen molar-refractivity contribution >= 4 is 11.6 Å². The van der Waals surface area contributed by atoms with Crippen LogP contribution in [0.15, 0.2) is 36.7 Å².